The first kappa shape index (κ1) is 16.8. The van der Waals surface area contributed by atoms with E-state index in [4.69, 9.17) is 0 Å². The second-order valence-electron chi connectivity index (χ2n) is 4.53. The first-order valence-corrected chi connectivity index (χ1v) is 6.42. The van der Waals surface area contributed by atoms with Gasteiger partial charge in [0.05, 0.1) is 0 Å². The van der Waals surface area contributed by atoms with Crippen molar-refractivity contribution in [1.29, 1.82) is 0 Å². The molecule has 18 heavy (non-hydrogen) atoms. The second-order valence-corrected chi connectivity index (χ2v) is 4.53. The number of likely N-dealkylation sites (N-methyl/N-ethyl adjacent to an activating group) is 1. The van der Waals surface area contributed by atoms with Crippen molar-refractivity contribution in [2.24, 2.45) is 0 Å². The zero-order valence-electron chi connectivity index (χ0n) is 12.3. The van der Waals surface area contributed by atoms with Crippen molar-refractivity contribution < 1.29 is 4.39 Å². The fourth-order valence-electron chi connectivity index (χ4n) is 1.55. The molecule has 0 spiro atoms. The van der Waals surface area contributed by atoms with E-state index in [2.05, 4.69) is 0 Å². The fraction of sp³-hybridized carbons (Fsp3) is 0.643. The van der Waals surface area contributed by atoms with Gasteiger partial charge < -0.3 is 9.47 Å². The molecule has 0 radical (unpaired) electrons. The van der Waals surface area contributed by atoms with Crippen LogP contribution in [-0.4, -0.2) is 30.1 Å². The molecule has 0 aromatic carbocycles. The van der Waals surface area contributed by atoms with E-state index in [0.29, 0.717) is 12.1 Å². The minimum atomic E-state index is -1.11. The van der Waals surface area contributed by atoms with Crippen LogP contribution in [0.3, 0.4) is 0 Å². The number of alkyl halides is 1. The smallest absolute Gasteiger partial charge is 0.251 e. The largest absolute Gasteiger partial charge is 0.313 e. The Labute approximate surface area is 109 Å². The summed E-state index contributed by atoms with van der Waals surface area (Å²) in [5.41, 5.74) is 0.310. The van der Waals surface area contributed by atoms with Gasteiger partial charge in [-0.1, -0.05) is 13.8 Å². The summed E-state index contributed by atoms with van der Waals surface area (Å²) in [6.07, 6.45) is 0.550. The van der Waals surface area contributed by atoms with Gasteiger partial charge in [-0.3, -0.25) is 4.79 Å². The van der Waals surface area contributed by atoms with Crippen LogP contribution in [0.4, 0.5) is 4.39 Å². The number of pyridine rings is 1. The average Bonchev–Trinajstić information content (AvgIpc) is 2.30. The highest BCUT2D eigenvalue weighted by molar-refractivity contribution is 5.15. The monoisotopic (exact) mass is 256 g/mol. The van der Waals surface area contributed by atoms with Crippen molar-refractivity contribution in [3.63, 3.8) is 0 Å². The minimum absolute atomic E-state index is 0.105. The van der Waals surface area contributed by atoms with Crippen molar-refractivity contribution in [2.75, 3.05) is 20.6 Å². The van der Waals surface area contributed by atoms with Crippen LogP contribution < -0.4 is 5.56 Å². The molecule has 1 aromatic rings. The molecule has 1 atom stereocenters. The van der Waals surface area contributed by atoms with Gasteiger partial charge in [0.2, 0.25) is 0 Å². The third-order valence-electron chi connectivity index (χ3n) is 2.42. The van der Waals surface area contributed by atoms with Gasteiger partial charge >= 0.3 is 0 Å². The molecule has 0 aliphatic carbocycles. The Bertz CT molecular complexity index is 399. The van der Waals surface area contributed by atoms with Gasteiger partial charge in [0.15, 0.2) is 0 Å². The summed E-state index contributed by atoms with van der Waals surface area (Å²) in [7, 11) is 3.61. The Morgan fingerprint density at radius 1 is 1.33 bits per heavy atom. The molecule has 0 amide bonds. The number of hydrogen-bond acceptors (Lipinski definition) is 2. The molecule has 0 N–H and O–H groups in total. The molecule has 3 nitrogen and oxygen atoms in total. The predicted molar refractivity (Wildman–Crippen MR) is 74.8 cm³/mol. The molecule has 0 saturated heterocycles. The Morgan fingerprint density at radius 2 is 1.89 bits per heavy atom. The Balaban J connectivity index is 0.00000137. The quantitative estimate of drug-likeness (QED) is 0.827. The highest BCUT2D eigenvalue weighted by Gasteiger charge is 2.12. The summed E-state index contributed by atoms with van der Waals surface area (Å²) in [4.78, 5) is 13.4. The lowest BCUT2D eigenvalue weighted by Crippen LogP contribution is -2.23. The van der Waals surface area contributed by atoms with E-state index in [9.17, 15) is 9.18 Å². The summed E-state index contributed by atoms with van der Waals surface area (Å²) in [6, 6.07) is 3.16. The van der Waals surface area contributed by atoms with Crippen molar-refractivity contribution >= 4 is 0 Å². The molecule has 0 aliphatic heterocycles. The molecule has 1 unspecified atom stereocenters. The first-order valence-electron chi connectivity index (χ1n) is 6.42. The van der Waals surface area contributed by atoms with Crippen LogP contribution in [0.2, 0.25) is 0 Å². The lowest BCUT2D eigenvalue weighted by Gasteiger charge is -2.15. The third-order valence-corrected chi connectivity index (χ3v) is 2.42. The van der Waals surface area contributed by atoms with Crippen LogP contribution in [-0.2, 0) is 0 Å². The fourth-order valence-corrected chi connectivity index (χ4v) is 1.55. The number of hydrogen-bond donors (Lipinski definition) is 0. The third kappa shape index (κ3) is 5.00. The lowest BCUT2D eigenvalue weighted by molar-refractivity contribution is 0.250. The van der Waals surface area contributed by atoms with Gasteiger partial charge in [-0.05, 0) is 39.6 Å². The van der Waals surface area contributed by atoms with Gasteiger partial charge in [0.1, 0.15) is 6.17 Å². The zero-order valence-corrected chi connectivity index (χ0v) is 12.3. The van der Waals surface area contributed by atoms with Crippen molar-refractivity contribution in [2.45, 2.75) is 39.9 Å². The Hall–Kier alpha value is -1.16. The average molecular weight is 256 g/mol. The molecule has 0 aliphatic rings. The highest BCUT2D eigenvalue weighted by Crippen LogP contribution is 2.16. The van der Waals surface area contributed by atoms with Crippen molar-refractivity contribution in [3.05, 3.63) is 34.2 Å². The predicted octanol–water partition coefficient (Wildman–Crippen LogP) is 3.03. The topological polar surface area (TPSA) is 25.2 Å². The normalized spacial score (nSPS) is 12.3. The molecule has 0 fully saturated rings. The molecule has 1 rings (SSSR count). The van der Waals surface area contributed by atoms with E-state index in [-0.39, 0.29) is 11.6 Å². The maximum atomic E-state index is 13.7. The Kier molecular flexibility index (Phi) is 7.51. The van der Waals surface area contributed by atoms with Crippen molar-refractivity contribution in [1.82, 2.24) is 9.47 Å². The van der Waals surface area contributed by atoms with Crippen LogP contribution >= 0.6 is 0 Å². The van der Waals surface area contributed by atoms with E-state index in [0.717, 1.165) is 0 Å². The molecule has 0 saturated carbocycles. The van der Waals surface area contributed by atoms with Gasteiger partial charge in [-0.2, -0.15) is 0 Å². The summed E-state index contributed by atoms with van der Waals surface area (Å²) in [5.74, 6) is 0. The van der Waals surface area contributed by atoms with Crippen LogP contribution in [0.15, 0.2) is 23.1 Å². The van der Waals surface area contributed by atoms with Crippen LogP contribution in [0.5, 0.6) is 0 Å². The van der Waals surface area contributed by atoms with Crippen LogP contribution in [0, 0.1) is 0 Å². The van der Waals surface area contributed by atoms with E-state index < -0.39 is 6.17 Å². The van der Waals surface area contributed by atoms with E-state index in [1.54, 1.807) is 21.7 Å². The molecule has 0 bridgehead atoms. The van der Waals surface area contributed by atoms with Gasteiger partial charge in [0, 0.05) is 24.8 Å². The summed E-state index contributed by atoms with van der Waals surface area (Å²) >= 11 is 0. The number of rotatable bonds is 4. The Morgan fingerprint density at radius 3 is 2.28 bits per heavy atom. The molecular formula is C14H25FN2O. The standard InChI is InChI=1S/C12H19FN2O.C2H6/c1-9(2)15-6-5-10(7-12(15)16)11(13)8-14(3)4;1-2/h5-7,9,11H,8H2,1-4H3;1-2H3. The molecule has 104 valence electrons. The van der Waals surface area contributed by atoms with Gasteiger partial charge in [-0.25, -0.2) is 4.39 Å². The number of halogens is 1. The van der Waals surface area contributed by atoms with E-state index in [1.807, 2.05) is 41.8 Å². The number of nitrogens with zero attached hydrogens (tertiary/aromatic N) is 2. The molecule has 1 heterocycles. The molecule has 1 aromatic heterocycles. The van der Waals surface area contributed by atoms with E-state index >= 15 is 0 Å². The maximum absolute atomic E-state index is 13.7. The van der Waals surface area contributed by atoms with Gasteiger partial charge in [0.25, 0.3) is 5.56 Å². The summed E-state index contributed by atoms with van der Waals surface area (Å²) in [5, 5.41) is 0. The number of aromatic nitrogens is 1. The highest BCUT2D eigenvalue weighted by atomic mass is 19.1. The molecular weight excluding hydrogens is 231 g/mol. The van der Waals surface area contributed by atoms with Crippen molar-refractivity contribution in [3.8, 4) is 0 Å². The molecule has 4 heteroatoms. The van der Waals surface area contributed by atoms with Crippen LogP contribution in [0.25, 0.3) is 0 Å². The second kappa shape index (κ2) is 8.03. The first-order chi connectivity index (χ1) is 8.41. The minimum Gasteiger partial charge on any atom is -0.313 e. The van der Waals surface area contributed by atoms with Crippen LogP contribution in [0.1, 0.15) is 45.5 Å². The summed E-state index contributed by atoms with van der Waals surface area (Å²) < 4.78 is 15.3. The zero-order chi connectivity index (χ0) is 14.3. The SMILES string of the molecule is CC.CC(C)n1ccc(C(F)CN(C)C)cc1=O. The van der Waals surface area contributed by atoms with E-state index in [1.165, 1.54) is 6.07 Å². The maximum Gasteiger partial charge on any atom is 0.251 e. The lowest BCUT2D eigenvalue weighted by atomic mass is 10.1. The summed E-state index contributed by atoms with van der Waals surface area (Å²) in [6.45, 7) is 8.15. The van der Waals surface area contributed by atoms with Gasteiger partial charge in [-0.15, -0.1) is 0 Å².